The molecule has 138 valence electrons. The number of thiophene rings is 1. The molecule has 3 aromatic rings. The standard InChI is InChI=1S/C19H20N6OS/c1-12-18-13(14-5-4-10-27-14)11-17(26)20-19(18)25(23-12)16-7-6-15(21-22-16)24-8-2-3-9-24/h4-7,10,13H,2-3,8-9,11H2,1H3,(H,20,26)/t13-/m1/s1. The lowest BCUT2D eigenvalue weighted by Gasteiger charge is -2.23. The van der Waals surface area contributed by atoms with Crippen molar-refractivity contribution in [3.05, 3.63) is 45.8 Å². The molecule has 8 heteroatoms. The maximum atomic E-state index is 12.4. The van der Waals surface area contributed by atoms with Crippen LogP contribution in [0.25, 0.3) is 5.82 Å². The second-order valence-electron chi connectivity index (χ2n) is 7.02. The van der Waals surface area contributed by atoms with Crippen molar-refractivity contribution < 1.29 is 4.79 Å². The molecule has 1 atom stereocenters. The zero-order valence-electron chi connectivity index (χ0n) is 15.1. The van der Waals surface area contributed by atoms with E-state index >= 15 is 0 Å². The zero-order chi connectivity index (χ0) is 18.4. The predicted molar refractivity (Wildman–Crippen MR) is 105 cm³/mol. The van der Waals surface area contributed by atoms with Gasteiger partial charge < -0.3 is 10.2 Å². The number of hydrogen-bond acceptors (Lipinski definition) is 6. The van der Waals surface area contributed by atoms with Gasteiger partial charge >= 0.3 is 0 Å². The largest absolute Gasteiger partial charge is 0.355 e. The molecule has 2 aliphatic rings. The number of anilines is 2. The van der Waals surface area contributed by atoms with Gasteiger partial charge in [0, 0.05) is 35.9 Å². The smallest absolute Gasteiger partial charge is 0.226 e. The number of nitrogens with one attached hydrogen (secondary N) is 1. The van der Waals surface area contributed by atoms with Gasteiger partial charge in [-0.1, -0.05) is 6.07 Å². The minimum Gasteiger partial charge on any atom is -0.355 e. The van der Waals surface area contributed by atoms with Gasteiger partial charge in [-0.25, -0.2) is 0 Å². The second kappa shape index (κ2) is 6.45. The SMILES string of the molecule is Cc1nn(-c2ccc(N3CCCC3)nn2)c2c1[C@@H](c1cccs1)CC(=O)N2. The monoisotopic (exact) mass is 380 g/mol. The van der Waals surface area contributed by atoms with Crippen LogP contribution in [-0.2, 0) is 4.79 Å². The molecule has 2 aliphatic heterocycles. The Hall–Kier alpha value is -2.74. The van der Waals surface area contributed by atoms with Crippen LogP contribution in [0, 0.1) is 6.92 Å². The van der Waals surface area contributed by atoms with Crippen molar-refractivity contribution in [1.29, 1.82) is 0 Å². The second-order valence-corrected chi connectivity index (χ2v) is 8.00. The predicted octanol–water partition coefficient (Wildman–Crippen LogP) is 3.11. The van der Waals surface area contributed by atoms with E-state index in [1.165, 1.54) is 17.7 Å². The van der Waals surface area contributed by atoms with Gasteiger partial charge in [0.25, 0.3) is 0 Å². The number of carbonyl (C=O) groups is 1. The number of amides is 1. The maximum absolute atomic E-state index is 12.4. The molecule has 5 rings (SSSR count). The van der Waals surface area contributed by atoms with E-state index in [2.05, 4.69) is 31.6 Å². The molecule has 0 spiro atoms. The fraction of sp³-hybridized carbons (Fsp3) is 0.368. The van der Waals surface area contributed by atoms with E-state index in [0.29, 0.717) is 18.1 Å². The van der Waals surface area contributed by atoms with Gasteiger partial charge in [0.05, 0.1) is 5.69 Å². The molecule has 0 aromatic carbocycles. The molecular formula is C19H20N6OS. The average Bonchev–Trinajstić information content (AvgIpc) is 3.43. The van der Waals surface area contributed by atoms with Crippen molar-refractivity contribution in [2.75, 3.05) is 23.3 Å². The molecule has 1 amide bonds. The summed E-state index contributed by atoms with van der Waals surface area (Å²) in [5, 5.41) is 18.5. The van der Waals surface area contributed by atoms with Gasteiger partial charge in [-0.3, -0.25) is 4.79 Å². The first-order chi connectivity index (χ1) is 13.2. The summed E-state index contributed by atoms with van der Waals surface area (Å²) >= 11 is 1.67. The lowest BCUT2D eigenvalue weighted by atomic mass is 9.91. The highest BCUT2D eigenvalue weighted by atomic mass is 32.1. The van der Waals surface area contributed by atoms with Crippen LogP contribution in [0.4, 0.5) is 11.6 Å². The van der Waals surface area contributed by atoms with Gasteiger partial charge in [-0.15, -0.1) is 21.5 Å². The van der Waals surface area contributed by atoms with Crippen molar-refractivity contribution >= 4 is 28.9 Å². The minimum absolute atomic E-state index is 0.00342. The summed E-state index contributed by atoms with van der Waals surface area (Å²) in [6, 6.07) is 8.01. The van der Waals surface area contributed by atoms with Gasteiger partial charge in [0.15, 0.2) is 11.6 Å². The number of carbonyl (C=O) groups excluding carboxylic acids is 1. The van der Waals surface area contributed by atoms with Gasteiger partial charge in [-0.05, 0) is 43.3 Å². The van der Waals surface area contributed by atoms with E-state index in [9.17, 15) is 4.79 Å². The lowest BCUT2D eigenvalue weighted by Crippen LogP contribution is -2.25. The zero-order valence-corrected chi connectivity index (χ0v) is 15.9. The van der Waals surface area contributed by atoms with Crippen LogP contribution in [0.5, 0.6) is 0 Å². The number of fused-ring (bicyclic) bond motifs is 1. The molecule has 7 nitrogen and oxygen atoms in total. The van der Waals surface area contributed by atoms with E-state index in [1.54, 1.807) is 16.0 Å². The Bertz CT molecular complexity index is 973. The molecule has 0 saturated carbocycles. The summed E-state index contributed by atoms with van der Waals surface area (Å²) in [5.41, 5.74) is 1.98. The summed E-state index contributed by atoms with van der Waals surface area (Å²) in [7, 11) is 0. The molecule has 1 fully saturated rings. The number of aryl methyl sites for hydroxylation is 1. The molecule has 0 aliphatic carbocycles. The summed E-state index contributed by atoms with van der Waals surface area (Å²) in [6.45, 7) is 4.05. The van der Waals surface area contributed by atoms with Crippen molar-refractivity contribution in [2.45, 2.75) is 32.1 Å². The Morgan fingerprint density at radius 1 is 1.15 bits per heavy atom. The van der Waals surface area contributed by atoms with Crippen LogP contribution in [0.3, 0.4) is 0 Å². The van der Waals surface area contributed by atoms with Crippen LogP contribution in [0.1, 0.15) is 41.3 Å². The summed E-state index contributed by atoms with van der Waals surface area (Å²) < 4.78 is 1.71. The fourth-order valence-corrected chi connectivity index (χ4v) is 4.83. The molecule has 0 radical (unpaired) electrons. The van der Waals surface area contributed by atoms with Crippen LogP contribution < -0.4 is 10.2 Å². The van der Waals surface area contributed by atoms with Crippen molar-refractivity contribution in [3.63, 3.8) is 0 Å². The first kappa shape index (κ1) is 16.4. The highest BCUT2D eigenvalue weighted by Gasteiger charge is 2.33. The highest BCUT2D eigenvalue weighted by Crippen LogP contribution is 2.41. The molecule has 5 heterocycles. The van der Waals surface area contributed by atoms with Crippen molar-refractivity contribution in [3.8, 4) is 5.82 Å². The van der Waals surface area contributed by atoms with E-state index in [-0.39, 0.29) is 11.8 Å². The first-order valence-corrected chi connectivity index (χ1v) is 10.1. The Labute approximate surface area is 161 Å². The Balaban J connectivity index is 1.55. The van der Waals surface area contributed by atoms with Crippen LogP contribution in [-0.4, -0.2) is 39.0 Å². The average molecular weight is 380 g/mol. The number of rotatable bonds is 3. The molecule has 3 aromatic heterocycles. The minimum atomic E-state index is 0.00342. The number of aromatic nitrogens is 4. The van der Waals surface area contributed by atoms with Crippen LogP contribution in [0.2, 0.25) is 0 Å². The molecule has 1 saturated heterocycles. The molecule has 0 bridgehead atoms. The third kappa shape index (κ3) is 2.80. The lowest BCUT2D eigenvalue weighted by molar-refractivity contribution is -0.116. The quantitative estimate of drug-likeness (QED) is 0.756. The first-order valence-electron chi connectivity index (χ1n) is 9.22. The summed E-state index contributed by atoms with van der Waals surface area (Å²) in [4.78, 5) is 15.8. The van der Waals surface area contributed by atoms with Crippen molar-refractivity contribution in [1.82, 2.24) is 20.0 Å². The maximum Gasteiger partial charge on any atom is 0.226 e. The topological polar surface area (TPSA) is 75.9 Å². The van der Waals surface area contributed by atoms with Crippen molar-refractivity contribution in [2.24, 2.45) is 0 Å². The molecular weight excluding hydrogens is 360 g/mol. The fourth-order valence-electron chi connectivity index (χ4n) is 3.99. The normalized spacial score (nSPS) is 19.2. The Morgan fingerprint density at radius 2 is 1.93 bits per heavy atom. The summed E-state index contributed by atoms with van der Waals surface area (Å²) in [5.74, 6) is 2.28. The molecule has 0 unspecified atom stereocenters. The van der Waals surface area contributed by atoms with E-state index in [4.69, 9.17) is 0 Å². The highest BCUT2D eigenvalue weighted by molar-refractivity contribution is 7.10. The van der Waals surface area contributed by atoms with E-state index in [1.807, 2.05) is 30.5 Å². The third-order valence-corrected chi connectivity index (χ3v) is 6.26. The van der Waals surface area contributed by atoms with E-state index in [0.717, 1.165) is 30.2 Å². The Morgan fingerprint density at radius 3 is 2.63 bits per heavy atom. The van der Waals surface area contributed by atoms with Crippen LogP contribution in [0.15, 0.2) is 29.6 Å². The van der Waals surface area contributed by atoms with Gasteiger partial charge in [-0.2, -0.15) is 9.78 Å². The van der Waals surface area contributed by atoms with E-state index < -0.39 is 0 Å². The Kier molecular flexibility index (Phi) is 3.93. The van der Waals surface area contributed by atoms with Gasteiger partial charge in [0.1, 0.15) is 5.82 Å². The van der Waals surface area contributed by atoms with Crippen LogP contribution >= 0.6 is 11.3 Å². The molecule has 1 N–H and O–H groups in total. The summed E-state index contributed by atoms with van der Waals surface area (Å²) in [6.07, 6.45) is 2.84. The molecule has 27 heavy (non-hydrogen) atoms. The number of hydrogen-bond donors (Lipinski definition) is 1. The third-order valence-electron chi connectivity index (χ3n) is 5.27. The van der Waals surface area contributed by atoms with Gasteiger partial charge in [0.2, 0.25) is 5.91 Å². The number of nitrogens with zero attached hydrogens (tertiary/aromatic N) is 5.